The van der Waals surface area contributed by atoms with Gasteiger partial charge < -0.3 is 9.55 Å². The predicted molar refractivity (Wildman–Crippen MR) is 108 cm³/mol. The molecule has 0 bridgehead atoms. The van der Waals surface area contributed by atoms with Crippen molar-refractivity contribution in [1.29, 1.82) is 0 Å². The Morgan fingerprint density at radius 3 is 2.31 bits per heavy atom. The van der Waals surface area contributed by atoms with E-state index >= 15 is 0 Å². The molecule has 4 aromatic rings. The van der Waals surface area contributed by atoms with Gasteiger partial charge in [-0.15, -0.1) is 0 Å². The molecule has 0 spiro atoms. The van der Waals surface area contributed by atoms with Gasteiger partial charge in [0.05, 0.1) is 11.7 Å². The van der Waals surface area contributed by atoms with Gasteiger partial charge in [-0.1, -0.05) is 55.3 Å². The predicted octanol–water partition coefficient (Wildman–Crippen LogP) is 5.37. The molecule has 26 heavy (non-hydrogen) atoms. The fourth-order valence-corrected chi connectivity index (χ4v) is 2.95. The van der Waals surface area contributed by atoms with E-state index in [-0.39, 0.29) is 5.56 Å². The van der Waals surface area contributed by atoms with Crippen LogP contribution in [0.3, 0.4) is 0 Å². The number of hydrogen-bond acceptors (Lipinski definition) is 2. The average molecular weight is 366 g/mol. The molecule has 2 aromatic heterocycles. The number of aromatic amines is 1. The first kappa shape index (κ1) is 18.0. The monoisotopic (exact) mass is 365 g/mol. The van der Waals surface area contributed by atoms with E-state index < -0.39 is 0 Å². The highest BCUT2D eigenvalue weighted by atomic mass is 35.5. The lowest BCUT2D eigenvalue weighted by molar-refractivity contribution is 1.06. The zero-order valence-corrected chi connectivity index (χ0v) is 15.7. The number of H-pyrrole nitrogens is 1. The third-order valence-electron chi connectivity index (χ3n) is 4.06. The summed E-state index contributed by atoms with van der Waals surface area (Å²) in [6, 6.07) is 15.6. The molecule has 1 N–H and O–H groups in total. The number of fused-ring (bicyclic) bond motifs is 1. The van der Waals surface area contributed by atoms with E-state index in [1.807, 2.05) is 80.1 Å². The third-order valence-corrected chi connectivity index (χ3v) is 4.31. The van der Waals surface area contributed by atoms with Gasteiger partial charge in [-0.05, 0) is 36.8 Å². The molecule has 4 rings (SSSR count). The Morgan fingerprint density at radius 2 is 1.65 bits per heavy atom. The van der Waals surface area contributed by atoms with Gasteiger partial charge in [0.2, 0.25) is 0 Å². The van der Waals surface area contributed by atoms with Crippen LogP contribution in [0.25, 0.3) is 27.8 Å². The molecule has 0 saturated heterocycles. The lowest BCUT2D eigenvalue weighted by Crippen LogP contribution is -2.07. The molecule has 2 aromatic carbocycles. The second kappa shape index (κ2) is 7.58. The summed E-state index contributed by atoms with van der Waals surface area (Å²) in [5.41, 5.74) is 4.37. The lowest BCUT2D eigenvalue weighted by Gasteiger charge is -2.04. The van der Waals surface area contributed by atoms with Crippen molar-refractivity contribution in [2.75, 3.05) is 0 Å². The van der Waals surface area contributed by atoms with E-state index in [4.69, 9.17) is 11.6 Å². The molecule has 0 fully saturated rings. The number of aryl methyl sites for hydroxylation is 1. The van der Waals surface area contributed by atoms with E-state index in [1.165, 1.54) is 11.9 Å². The molecule has 0 amide bonds. The zero-order valence-electron chi connectivity index (χ0n) is 15.0. The Hall–Kier alpha value is -2.85. The Morgan fingerprint density at radius 1 is 1.00 bits per heavy atom. The van der Waals surface area contributed by atoms with Crippen molar-refractivity contribution in [3.05, 3.63) is 82.0 Å². The van der Waals surface area contributed by atoms with Crippen LogP contribution in [0.15, 0.2) is 65.8 Å². The largest absolute Gasteiger partial charge is 0.312 e. The van der Waals surface area contributed by atoms with Crippen molar-refractivity contribution >= 4 is 22.6 Å². The Labute approximate surface area is 157 Å². The summed E-state index contributed by atoms with van der Waals surface area (Å²) >= 11 is 5.98. The van der Waals surface area contributed by atoms with Crippen molar-refractivity contribution in [1.82, 2.24) is 14.5 Å². The van der Waals surface area contributed by atoms with Crippen molar-refractivity contribution < 1.29 is 0 Å². The normalized spacial score (nSPS) is 10.5. The maximum atomic E-state index is 12.4. The first-order chi connectivity index (χ1) is 12.6. The Bertz CT molecular complexity index is 1080. The molecule has 0 aliphatic rings. The van der Waals surface area contributed by atoms with E-state index in [9.17, 15) is 4.79 Å². The van der Waals surface area contributed by atoms with Crippen LogP contribution in [0.2, 0.25) is 5.02 Å². The highest BCUT2D eigenvalue weighted by molar-refractivity contribution is 6.30. The van der Waals surface area contributed by atoms with E-state index in [1.54, 1.807) is 0 Å². The number of benzene rings is 2. The van der Waals surface area contributed by atoms with Crippen molar-refractivity contribution in [3.63, 3.8) is 0 Å². The van der Waals surface area contributed by atoms with E-state index in [0.29, 0.717) is 16.1 Å². The van der Waals surface area contributed by atoms with Gasteiger partial charge in [-0.3, -0.25) is 4.79 Å². The second-order valence-electron chi connectivity index (χ2n) is 5.69. The van der Waals surface area contributed by atoms with Gasteiger partial charge in [0.15, 0.2) is 5.65 Å². The molecular formula is C21H20ClN3O. The molecule has 0 atom stereocenters. The summed E-state index contributed by atoms with van der Waals surface area (Å²) in [6.07, 6.45) is 3.38. The summed E-state index contributed by atoms with van der Waals surface area (Å²) in [6.45, 7) is 6.04. The number of hydrogen-bond donors (Lipinski definition) is 1. The van der Waals surface area contributed by atoms with Crippen LogP contribution >= 0.6 is 11.6 Å². The third kappa shape index (κ3) is 3.28. The molecule has 4 nitrogen and oxygen atoms in total. The van der Waals surface area contributed by atoms with Gasteiger partial charge in [-0.25, -0.2) is 4.98 Å². The van der Waals surface area contributed by atoms with Gasteiger partial charge in [-0.2, -0.15) is 0 Å². The molecule has 2 heterocycles. The number of rotatable bonds is 2. The number of nitrogens with one attached hydrogen (secondary N) is 1. The van der Waals surface area contributed by atoms with Crippen LogP contribution in [0.5, 0.6) is 0 Å². The fraction of sp³-hybridized carbons (Fsp3) is 0.143. The second-order valence-corrected chi connectivity index (χ2v) is 6.12. The molecule has 0 unspecified atom stereocenters. The van der Waals surface area contributed by atoms with Crippen LogP contribution in [-0.2, 0) is 0 Å². The molecule has 0 radical (unpaired) electrons. The van der Waals surface area contributed by atoms with Crippen LogP contribution in [0.1, 0.15) is 19.4 Å². The molecule has 0 aliphatic carbocycles. The molecular weight excluding hydrogens is 346 g/mol. The number of nitrogens with zero attached hydrogens (tertiary/aromatic N) is 2. The summed E-state index contributed by atoms with van der Waals surface area (Å²) in [7, 11) is 0. The summed E-state index contributed by atoms with van der Waals surface area (Å²) < 4.78 is 1.94. The first-order valence-electron chi connectivity index (χ1n) is 8.55. The molecule has 132 valence electrons. The smallest absolute Gasteiger partial charge is 0.260 e. The quantitative estimate of drug-likeness (QED) is 0.519. The van der Waals surface area contributed by atoms with Gasteiger partial charge in [0.25, 0.3) is 5.56 Å². The molecule has 0 aliphatic heterocycles. The number of halogens is 1. The summed E-state index contributed by atoms with van der Waals surface area (Å²) in [5.74, 6) is 0. The summed E-state index contributed by atoms with van der Waals surface area (Å²) in [5, 5.41) is 1.23. The van der Waals surface area contributed by atoms with Crippen molar-refractivity contribution in [2.45, 2.75) is 20.8 Å². The van der Waals surface area contributed by atoms with Crippen LogP contribution in [0, 0.1) is 6.92 Å². The maximum Gasteiger partial charge on any atom is 0.260 e. The van der Waals surface area contributed by atoms with Crippen molar-refractivity contribution in [3.8, 4) is 16.8 Å². The van der Waals surface area contributed by atoms with Gasteiger partial charge >= 0.3 is 0 Å². The number of aromatic nitrogens is 3. The highest BCUT2D eigenvalue weighted by Gasteiger charge is 2.15. The minimum absolute atomic E-state index is 0.157. The van der Waals surface area contributed by atoms with E-state index in [0.717, 1.165) is 16.8 Å². The van der Waals surface area contributed by atoms with Gasteiger partial charge in [0.1, 0.15) is 0 Å². The lowest BCUT2D eigenvalue weighted by atomic mass is 10.1. The fourth-order valence-electron chi connectivity index (χ4n) is 2.82. The first-order valence-corrected chi connectivity index (χ1v) is 8.93. The van der Waals surface area contributed by atoms with Crippen LogP contribution in [0.4, 0.5) is 0 Å². The molecule has 0 saturated carbocycles. The van der Waals surface area contributed by atoms with Crippen LogP contribution < -0.4 is 5.56 Å². The van der Waals surface area contributed by atoms with E-state index in [2.05, 4.69) is 9.97 Å². The van der Waals surface area contributed by atoms with Crippen LogP contribution in [-0.4, -0.2) is 14.5 Å². The van der Waals surface area contributed by atoms with Gasteiger partial charge in [0, 0.05) is 22.5 Å². The zero-order chi connectivity index (χ0) is 18.7. The highest BCUT2D eigenvalue weighted by Crippen LogP contribution is 2.30. The standard InChI is InChI=1S/C19H14ClN3O.C2H6/c1-12-2-8-15(9-3-12)23-10-16(13-4-6-14(20)7-5-13)17-18(23)21-11-22-19(17)24;1-2/h2-11H,1H3,(H,21,22,24);1-2H3. The summed E-state index contributed by atoms with van der Waals surface area (Å²) in [4.78, 5) is 19.5. The average Bonchev–Trinajstić information content (AvgIpc) is 3.06. The Kier molecular flexibility index (Phi) is 5.24. The molecule has 5 heteroatoms. The Balaban J connectivity index is 0.000000948. The maximum absolute atomic E-state index is 12.4. The minimum atomic E-state index is -0.157. The van der Waals surface area contributed by atoms with Crippen molar-refractivity contribution in [2.24, 2.45) is 0 Å². The topological polar surface area (TPSA) is 50.7 Å². The minimum Gasteiger partial charge on any atom is -0.312 e. The SMILES string of the molecule is CC.Cc1ccc(-n2cc(-c3ccc(Cl)cc3)c3c(=O)[nH]cnc32)cc1.